The maximum atomic E-state index is 9.37. The number of allylic oxidation sites excluding steroid dienone is 4. The fourth-order valence-corrected chi connectivity index (χ4v) is 8.00. The maximum Gasteiger partial charge on any atom is 2.00 e. The molecule has 0 aromatic heterocycles. The minimum atomic E-state index is -1.82. The van der Waals surface area contributed by atoms with Crippen molar-refractivity contribution in [3.63, 3.8) is 0 Å². The molecule has 2 unspecified atom stereocenters. The molecule has 0 spiro atoms. The van der Waals surface area contributed by atoms with Gasteiger partial charge < -0.3 is 19.7 Å². The summed E-state index contributed by atoms with van der Waals surface area (Å²) in [6, 6.07) is 26.3. The summed E-state index contributed by atoms with van der Waals surface area (Å²) in [5.41, 5.74) is 18.9. The van der Waals surface area contributed by atoms with Crippen LogP contribution >= 0.6 is 46.4 Å². The summed E-state index contributed by atoms with van der Waals surface area (Å²) in [7, 11) is 0. The Bertz CT molecular complexity index is 2270. The SMILES string of the molecule is CC(/C=C(/C)[N-]c1c(C(C)C)cccc1C(C)C)=Nc1c(C(C)C)cccc1C(C)C.CC(/C=C(/C)[N-]c1c(C(C)C)cccc1C(C)C)=Nc1c(C(C)C)cccc1C(C)C.CCS(=O)[O-].CCS(=O)[O-].ClCCl.ClCCl.[Zn+2].[Zn+2]. The van der Waals surface area contributed by atoms with Crippen molar-refractivity contribution in [1.29, 1.82) is 0 Å². The van der Waals surface area contributed by atoms with Gasteiger partial charge in [-0.25, -0.2) is 0 Å². The van der Waals surface area contributed by atoms with Crippen molar-refractivity contribution in [1.82, 2.24) is 0 Å². The summed E-state index contributed by atoms with van der Waals surface area (Å²) < 4.78 is 37.5. The molecule has 0 fully saturated rings. The Kier molecular flexibility index (Phi) is 48.8. The monoisotopic (exact) mass is 1320 g/mol. The minimum Gasteiger partial charge on any atom is -0.772 e. The molecule has 4 aromatic carbocycles. The molecule has 4 rings (SSSR count). The number of nitrogens with zero attached hydrogens (tertiary/aromatic N) is 4. The molecule has 0 saturated carbocycles. The van der Waals surface area contributed by atoms with Crippen LogP contribution in [0.15, 0.2) is 106 Å². The van der Waals surface area contributed by atoms with E-state index in [1.165, 1.54) is 44.5 Å². The van der Waals surface area contributed by atoms with E-state index in [2.05, 4.69) is 223 Å². The molecule has 4 aromatic rings. The number of benzene rings is 4. The van der Waals surface area contributed by atoms with Gasteiger partial charge in [0.1, 0.15) is 0 Å². The van der Waals surface area contributed by atoms with Gasteiger partial charge in [-0.05, 0) is 83.4 Å². The van der Waals surface area contributed by atoms with Crippen molar-refractivity contribution in [2.75, 3.05) is 22.2 Å². The molecule has 0 bridgehead atoms. The van der Waals surface area contributed by atoms with E-state index in [4.69, 9.17) is 67.0 Å². The van der Waals surface area contributed by atoms with E-state index in [0.717, 1.165) is 45.6 Å². The van der Waals surface area contributed by atoms with Gasteiger partial charge in [-0.2, -0.15) is 11.4 Å². The Hall–Kier alpha value is -2.07. The van der Waals surface area contributed by atoms with Gasteiger partial charge >= 0.3 is 39.0 Å². The second-order valence-electron chi connectivity index (χ2n) is 21.1. The molecule has 0 saturated heterocycles. The normalized spacial score (nSPS) is 12.4. The van der Waals surface area contributed by atoms with Gasteiger partial charge in [0.25, 0.3) is 0 Å². The molecule has 16 heteroatoms. The number of para-hydroxylation sites is 4. The zero-order valence-electron chi connectivity index (χ0n) is 52.7. The standard InChI is InChI=1S/2C29H41N2.2C2H6O2S.2CH2Cl2.2Zn/c2*1-18(2)24-13-11-14-25(19(3)4)28(24)30-22(9)17-23(10)31-29-26(20(5)6)15-12-16-27(29)21(7)8;2*1-2-5(3)4;2*2-1-3;;/h2*11-21H,1-10H3;2*2H2,1H3,(H,3,4);2*1H2;;/q2*-1;;;;;2*+2/p-2/b2*22-17-,31-23?;;;;;;. The second kappa shape index (κ2) is 46.2. The first-order chi connectivity index (χ1) is 36.4. The molecule has 8 nitrogen and oxygen atoms in total. The van der Waals surface area contributed by atoms with Crippen LogP contribution in [-0.2, 0) is 61.1 Å². The van der Waals surface area contributed by atoms with Crippen LogP contribution in [-0.4, -0.2) is 51.1 Å². The smallest absolute Gasteiger partial charge is 0.772 e. The minimum absolute atomic E-state index is 0. The zero-order valence-corrected chi connectivity index (χ0v) is 63.3. The van der Waals surface area contributed by atoms with Crippen LogP contribution in [0.25, 0.3) is 10.6 Å². The summed E-state index contributed by atoms with van der Waals surface area (Å²) in [5, 5.41) is 10.5. The third kappa shape index (κ3) is 32.8. The van der Waals surface area contributed by atoms with Crippen LogP contribution in [0.4, 0.5) is 22.7 Å². The van der Waals surface area contributed by atoms with Crippen LogP contribution in [0.1, 0.15) is 244 Å². The molecule has 0 aliphatic rings. The van der Waals surface area contributed by atoms with E-state index in [-0.39, 0.29) is 61.1 Å². The predicted octanol–water partition coefficient (Wildman–Crippen LogP) is 22.4. The van der Waals surface area contributed by atoms with Gasteiger partial charge in [-0.3, -0.25) is 18.4 Å². The fourth-order valence-electron chi connectivity index (χ4n) is 8.00. The molecule has 0 N–H and O–H groups in total. The number of hydrogen-bond acceptors (Lipinski definition) is 6. The van der Waals surface area contributed by atoms with E-state index < -0.39 is 22.2 Å². The second-order valence-corrected chi connectivity index (χ2v) is 25.1. The molecule has 440 valence electrons. The molecule has 2 atom stereocenters. The van der Waals surface area contributed by atoms with Crippen LogP contribution < -0.4 is 0 Å². The average molecular weight is 1320 g/mol. The zero-order chi connectivity index (χ0) is 60.6. The van der Waals surface area contributed by atoms with Crippen molar-refractivity contribution in [2.45, 2.75) is 200 Å². The van der Waals surface area contributed by atoms with E-state index in [1.54, 1.807) is 13.8 Å². The summed E-state index contributed by atoms with van der Waals surface area (Å²) in [6.07, 6.45) is 4.23. The Morgan fingerprint density at radius 3 is 0.738 bits per heavy atom. The number of alkyl halides is 4. The third-order valence-electron chi connectivity index (χ3n) is 11.8. The quantitative estimate of drug-likeness (QED) is 0.0424. The van der Waals surface area contributed by atoms with E-state index >= 15 is 0 Å². The van der Waals surface area contributed by atoms with E-state index in [1.807, 2.05) is 0 Å². The third-order valence-corrected chi connectivity index (χ3v) is 12.8. The predicted molar refractivity (Wildman–Crippen MR) is 350 cm³/mol. The number of rotatable bonds is 18. The summed E-state index contributed by atoms with van der Waals surface area (Å²) >= 11 is 15.4. The average Bonchev–Trinajstić information content (AvgIpc) is 3.34. The van der Waals surface area contributed by atoms with Crippen LogP contribution in [0.2, 0.25) is 0 Å². The van der Waals surface area contributed by atoms with Gasteiger partial charge in [0.2, 0.25) is 0 Å². The number of aliphatic imine (C=N–C) groups is 2. The van der Waals surface area contributed by atoms with Crippen molar-refractivity contribution in [2.24, 2.45) is 9.98 Å². The van der Waals surface area contributed by atoms with Gasteiger partial charge in [0.05, 0.1) is 22.1 Å². The van der Waals surface area contributed by atoms with Gasteiger partial charge in [0, 0.05) is 22.9 Å². The maximum absolute atomic E-state index is 9.37. The van der Waals surface area contributed by atoms with Crippen molar-refractivity contribution in [3.8, 4) is 0 Å². The summed E-state index contributed by atoms with van der Waals surface area (Å²) in [5.74, 6) is 3.94. The van der Waals surface area contributed by atoms with Crippen LogP contribution in [0, 0.1) is 0 Å². The molecule has 0 heterocycles. The largest absolute Gasteiger partial charge is 2.00 e. The van der Waals surface area contributed by atoms with Gasteiger partial charge in [0.15, 0.2) is 0 Å². The van der Waals surface area contributed by atoms with Crippen molar-refractivity contribution < 1.29 is 56.5 Å². The molecule has 0 amide bonds. The summed E-state index contributed by atoms with van der Waals surface area (Å²) in [6.45, 7) is 47.3. The van der Waals surface area contributed by atoms with E-state index in [9.17, 15) is 17.5 Å². The van der Waals surface area contributed by atoms with Crippen LogP contribution in [0.5, 0.6) is 0 Å². The Morgan fingerprint density at radius 1 is 0.425 bits per heavy atom. The molecule has 0 aliphatic carbocycles. The molecular formula is C64H96Cl4N4O4S2Zn2. The first-order valence-corrected chi connectivity index (χ1v) is 31.8. The fraction of sp³-hybridized carbons (Fsp3) is 0.531. The van der Waals surface area contributed by atoms with Gasteiger partial charge in [-0.1, -0.05) is 268 Å². The topological polar surface area (TPSA) is 133 Å². The van der Waals surface area contributed by atoms with Crippen LogP contribution in [0.3, 0.4) is 0 Å². The molecule has 0 aliphatic heterocycles. The Morgan fingerprint density at radius 2 is 0.588 bits per heavy atom. The van der Waals surface area contributed by atoms with E-state index in [0.29, 0.717) is 47.3 Å². The first kappa shape index (κ1) is 84.4. The van der Waals surface area contributed by atoms with Gasteiger partial charge in [-0.15, -0.1) is 57.8 Å². The van der Waals surface area contributed by atoms with Crippen molar-refractivity contribution in [3.05, 3.63) is 151 Å². The Balaban J connectivity index is -0.000000557. The summed E-state index contributed by atoms with van der Waals surface area (Å²) in [4.78, 5) is 10.2. The molecular weight excluding hydrogens is 1230 g/mol. The Labute approximate surface area is 537 Å². The number of hydrogen-bond donors (Lipinski definition) is 0. The molecule has 80 heavy (non-hydrogen) atoms. The number of halogens is 4. The first-order valence-electron chi connectivity index (χ1n) is 27.2. The van der Waals surface area contributed by atoms with Crippen molar-refractivity contribution >= 4 is 103 Å². The molecule has 0 radical (unpaired) electrons.